The van der Waals surface area contributed by atoms with E-state index in [-0.39, 0.29) is 11.6 Å². The molecule has 1 rings (SSSR count). The summed E-state index contributed by atoms with van der Waals surface area (Å²) in [5, 5.41) is 3.00. The number of amides is 1. The van der Waals surface area contributed by atoms with Crippen LogP contribution >= 0.6 is 0 Å². The van der Waals surface area contributed by atoms with Crippen molar-refractivity contribution in [2.24, 2.45) is 5.73 Å². The van der Waals surface area contributed by atoms with Gasteiger partial charge in [0.25, 0.3) is 0 Å². The lowest BCUT2D eigenvalue weighted by Crippen LogP contribution is -2.54. The van der Waals surface area contributed by atoms with Gasteiger partial charge in [0.1, 0.15) is 5.60 Å². The van der Waals surface area contributed by atoms with Crippen molar-refractivity contribution in [1.29, 1.82) is 0 Å². The lowest BCUT2D eigenvalue weighted by molar-refractivity contribution is 0.0369. The van der Waals surface area contributed by atoms with Crippen molar-refractivity contribution in [2.45, 2.75) is 64.0 Å². The molecule has 0 aliphatic heterocycles. The van der Waals surface area contributed by atoms with Gasteiger partial charge in [0.2, 0.25) is 0 Å². The minimum absolute atomic E-state index is 0.0400. The van der Waals surface area contributed by atoms with Crippen LogP contribution in [-0.2, 0) is 4.74 Å². The van der Waals surface area contributed by atoms with Gasteiger partial charge in [-0.3, -0.25) is 0 Å². The molecule has 0 heterocycles. The van der Waals surface area contributed by atoms with Gasteiger partial charge in [-0.25, -0.2) is 4.79 Å². The van der Waals surface area contributed by atoms with Crippen molar-refractivity contribution in [3.05, 3.63) is 0 Å². The van der Waals surface area contributed by atoms with E-state index in [0.717, 1.165) is 25.7 Å². The van der Waals surface area contributed by atoms with Crippen LogP contribution in [-0.4, -0.2) is 23.8 Å². The Kier molecular flexibility index (Phi) is 4.19. The first-order chi connectivity index (χ1) is 7.37. The fourth-order valence-electron chi connectivity index (χ4n) is 2.00. The molecule has 0 bridgehead atoms. The molecule has 0 spiro atoms. The second-order valence-corrected chi connectivity index (χ2v) is 5.65. The van der Waals surface area contributed by atoms with Crippen LogP contribution in [0.5, 0.6) is 0 Å². The predicted molar refractivity (Wildman–Crippen MR) is 64.2 cm³/mol. The summed E-state index contributed by atoms with van der Waals surface area (Å²) < 4.78 is 5.27. The third kappa shape index (κ3) is 4.00. The highest BCUT2D eigenvalue weighted by Crippen LogP contribution is 2.36. The molecule has 1 fully saturated rings. The van der Waals surface area contributed by atoms with E-state index in [9.17, 15) is 4.79 Å². The molecule has 0 aromatic carbocycles. The van der Waals surface area contributed by atoms with E-state index < -0.39 is 5.60 Å². The Labute approximate surface area is 97.9 Å². The van der Waals surface area contributed by atoms with Gasteiger partial charge >= 0.3 is 6.09 Å². The Bertz CT molecular complexity index is 242. The number of rotatable bonds is 4. The molecule has 1 aliphatic carbocycles. The van der Waals surface area contributed by atoms with E-state index in [1.54, 1.807) is 0 Å². The van der Waals surface area contributed by atoms with Crippen LogP contribution in [0.25, 0.3) is 0 Å². The topological polar surface area (TPSA) is 64.3 Å². The van der Waals surface area contributed by atoms with Gasteiger partial charge in [0.15, 0.2) is 0 Å². The molecule has 0 saturated heterocycles. The molecular weight excluding hydrogens is 204 g/mol. The fraction of sp³-hybridized carbons (Fsp3) is 0.917. The third-order valence-electron chi connectivity index (χ3n) is 2.94. The molecular formula is C12H24N2O2. The van der Waals surface area contributed by atoms with Crippen LogP contribution in [0.1, 0.15) is 52.9 Å². The Balaban J connectivity index is 2.41. The minimum atomic E-state index is -0.428. The quantitative estimate of drug-likeness (QED) is 0.775. The molecule has 3 N–H and O–H groups in total. The standard InChI is InChI=1S/C12H24N2O2/c1-11(2,3)16-10(15)14-12(6-4-7-12)8-5-9-13/h4-9,13H2,1-3H3,(H,14,15). The Morgan fingerprint density at radius 3 is 2.44 bits per heavy atom. The summed E-state index contributed by atoms with van der Waals surface area (Å²) in [5.41, 5.74) is 5.04. The van der Waals surface area contributed by atoms with Gasteiger partial charge in [-0.15, -0.1) is 0 Å². The maximum atomic E-state index is 11.7. The van der Waals surface area contributed by atoms with E-state index in [4.69, 9.17) is 10.5 Å². The van der Waals surface area contributed by atoms with Gasteiger partial charge in [-0.1, -0.05) is 0 Å². The number of carbonyl (C=O) groups excluding carboxylic acids is 1. The normalized spacial score (nSPS) is 18.8. The van der Waals surface area contributed by atoms with E-state index in [2.05, 4.69) is 5.32 Å². The van der Waals surface area contributed by atoms with Crippen LogP contribution in [0.2, 0.25) is 0 Å². The monoisotopic (exact) mass is 228 g/mol. The second-order valence-electron chi connectivity index (χ2n) is 5.65. The van der Waals surface area contributed by atoms with Crippen LogP contribution in [0, 0.1) is 0 Å². The summed E-state index contributed by atoms with van der Waals surface area (Å²) in [4.78, 5) is 11.7. The number of carbonyl (C=O) groups is 1. The Hall–Kier alpha value is -0.770. The summed E-state index contributed by atoms with van der Waals surface area (Å²) in [5.74, 6) is 0. The van der Waals surface area contributed by atoms with E-state index in [0.29, 0.717) is 6.54 Å². The molecule has 4 heteroatoms. The van der Waals surface area contributed by atoms with Gasteiger partial charge in [-0.05, 0) is 59.4 Å². The molecule has 4 nitrogen and oxygen atoms in total. The zero-order valence-corrected chi connectivity index (χ0v) is 10.6. The van der Waals surface area contributed by atoms with Gasteiger partial charge < -0.3 is 15.8 Å². The molecule has 94 valence electrons. The first-order valence-electron chi connectivity index (χ1n) is 6.08. The highest BCUT2D eigenvalue weighted by Gasteiger charge is 2.38. The Morgan fingerprint density at radius 2 is 2.06 bits per heavy atom. The molecule has 0 radical (unpaired) electrons. The SMILES string of the molecule is CC(C)(C)OC(=O)NC1(CCCN)CCC1. The molecule has 0 atom stereocenters. The second kappa shape index (κ2) is 5.04. The largest absolute Gasteiger partial charge is 0.444 e. The maximum Gasteiger partial charge on any atom is 0.408 e. The average molecular weight is 228 g/mol. The number of hydrogen-bond donors (Lipinski definition) is 2. The van der Waals surface area contributed by atoms with Crippen molar-refractivity contribution < 1.29 is 9.53 Å². The van der Waals surface area contributed by atoms with Gasteiger partial charge in [0, 0.05) is 5.54 Å². The van der Waals surface area contributed by atoms with Crippen LogP contribution < -0.4 is 11.1 Å². The summed E-state index contributed by atoms with van der Waals surface area (Å²) >= 11 is 0. The molecule has 0 aromatic heterocycles. The first-order valence-corrected chi connectivity index (χ1v) is 6.08. The zero-order chi connectivity index (χ0) is 12.2. The van der Waals surface area contributed by atoms with Gasteiger partial charge in [-0.2, -0.15) is 0 Å². The number of ether oxygens (including phenoxy) is 1. The number of nitrogens with two attached hydrogens (primary N) is 1. The predicted octanol–water partition coefficient (Wildman–Crippen LogP) is 2.17. The van der Waals surface area contributed by atoms with Crippen molar-refractivity contribution in [2.75, 3.05) is 6.54 Å². The van der Waals surface area contributed by atoms with Crippen molar-refractivity contribution in [3.63, 3.8) is 0 Å². The van der Waals surface area contributed by atoms with Crippen molar-refractivity contribution >= 4 is 6.09 Å². The van der Waals surface area contributed by atoms with Crippen LogP contribution in [0.3, 0.4) is 0 Å². The molecule has 0 unspecified atom stereocenters. The van der Waals surface area contributed by atoms with Gasteiger partial charge in [0.05, 0.1) is 0 Å². The van der Waals surface area contributed by atoms with E-state index in [1.165, 1.54) is 6.42 Å². The fourth-order valence-corrected chi connectivity index (χ4v) is 2.00. The van der Waals surface area contributed by atoms with E-state index >= 15 is 0 Å². The molecule has 1 saturated carbocycles. The molecule has 1 aliphatic rings. The summed E-state index contributed by atoms with van der Waals surface area (Å²) in [6.07, 6.45) is 4.89. The zero-order valence-electron chi connectivity index (χ0n) is 10.6. The highest BCUT2D eigenvalue weighted by molar-refractivity contribution is 5.69. The first kappa shape index (κ1) is 13.3. The summed E-state index contributed by atoms with van der Waals surface area (Å²) in [6, 6.07) is 0. The smallest absolute Gasteiger partial charge is 0.408 e. The maximum absolute atomic E-state index is 11.7. The number of nitrogens with one attached hydrogen (secondary N) is 1. The van der Waals surface area contributed by atoms with Crippen molar-refractivity contribution in [3.8, 4) is 0 Å². The van der Waals surface area contributed by atoms with Crippen LogP contribution in [0.15, 0.2) is 0 Å². The average Bonchev–Trinajstić information content (AvgIpc) is 2.06. The van der Waals surface area contributed by atoms with E-state index in [1.807, 2.05) is 20.8 Å². The Morgan fingerprint density at radius 1 is 1.44 bits per heavy atom. The molecule has 1 amide bonds. The minimum Gasteiger partial charge on any atom is -0.444 e. The molecule has 0 aromatic rings. The number of alkyl carbamates (subject to hydrolysis) is 1. The lowest BCUT2D eigenvalue weighted by Gasteiger charge is -2.42. The third-order valence-corrected chi connectivity index (χ3v) is 2.94. The van der Waals surface area contributed by atoms with Crippen LogP contribution in [0.4, 0.5) is 4.79 Å². The molecule has 16 heavy (non-hydrogen) atoms. The lowest BCUT2D eigenvalue weighted by atomic mass is 9.74. The van der Waals surface area contributed by atoms with Crippen molar-refractivity contribution in [1.82, 2.24) is 5.32 Å². The number of hydrogen-bond acceptors (Lipinski definition) is 3. The highest BCUT2D eigenvalue weighted by atomic mass is 16.6. The summed E-state index contributed by atoms with van der Waals surface area (Å²) in [7, 11) is 0. The summed E-state index contributed by atoms with van der Waals surface area (Å²) in [6.45, 7) is 6.30.